The van der Waals surface area contributed by atoms with Crippen LogP contribution in [0.1, 0.15) is 27.9 Å². The molecule has 0 aliphatic heterocycles. The van der Waals surface area contributed by atoms with Gasteiger partial charge in [0.05, 0.1) is 27.4 Å². The molecule has 0 saturated heterocycles. The van der Waals surface area contributed by atoms with E-state index in [0.717, 1.165) is 0 Å². The lowest BCUT2D eigenvalue weighted by molar-refractivity contribution is 0.0949. The Morgan fingerprint density at radius 2 is 1.94 bits per heavy atom. The maximum atomic E-state index is 13.2. The first-order valence-corrected chi connectivity index (χ1v) is 10.6. The lowest BCUT2D eigenvalue weighted by Gasteiger charge is -2.15. The van der Waals surface area contributed by atoms with Crippen molar-refractivity contribution >= 4 is 62.2 Å². The molecule has 4 aromatic heterocycles. The van der Waals surface area contributed by atoms with Crippen LogP contribution in [0.4, 0.5) is 5.69 Å². The number of carbonyl (C=O) groups is 2. The maximum Gasteiger partial charge on any atom is 0.274 e. The molecule has 0 saturated carbocycles. The summed E-state index contributed by atoms with van der Waals surface area (Å²) >= 11 is 15.9. The van der Waals surface area contributed by atoms with Crippen LogP contribution in [0, 0.1) is 0 Å². The minimum Gasteiger partial charge on any atom is -0.351 e. The third kappa shape index (κ3) is 4.01. The maximum absolute atomic E-state index is 13.2. The number of rotatable bonds is 5. The van der Waals surface area contributed by atoms with E-state index in [2.05, 4.69) is 41.7 Å². The van der Waals surface area contributed by atoms with E-state index in [4.69, 9.17) is 23.2 Å². The summed E-state index contributed by atoms with van der Waals surface area (Å²) in [5.74, 6) is -0.729. The van der Waals surface area contributed by atoms with Crippen molar-refractivity contribution in [3.05, 3.63) is 68.8 Å². The fourth-order valence-electron chi connectivity index (χ4n) is 2.99. The minimum atomic E-state index is -0.570. The summed E-state index contributed by atoms with van der Waals surface area (Å²) in [5.41, 5.74) is 0.955. The van der Waals surface area contributed by atoms with E-state index in [1.54, 1.807) is 31.2 Å². The molecule has 4 heterocycles. The highest BCUT2D eigenvalue weighted by atomic mass is 79.9. The summed E-state index contributed by atoms with van der Waals surface area (Å²) in [7, 11) is 0. The zero-order valence-corrected chi connectivity index (χ0v) is 19.0. The molecule has 12 heteroatoms. The Morgan fingerprint density at radius 3 is 2.68 bits per heavy atom. The monoisotopic (exact) mass is 521 g/mol. The largest absolute Gasteiger partial charge is 0.351 e. The summed E-state index contributed by atoms with van der Waals surface area (Å²) in [6.07, 6.45) is 3.07. The van der Waals surface area contributed by atoms with Gasteiger partial charge in [-0.25, -0.2) is 14.2 Å². The molecule has 0 aliphatic rings. The number of halogens is 3. The van der Waals surface area contributed by atoms with Gasteiger partial charge in [-0.1, -0.05) is 23.2 Å². The SMILES string of the molecule is CCNC(=O)c1c(NC(=O)c2cc(Br)nn2-c2ncccc2Cl)c(Cl)cc2ccnn12. The molecule has 0 aliphatic carbocycles. The standard InChI is InChI=1S/C19H14BrCl2N7O2/c1-2-23-19(31)16-15(12(22)8-10-5-7-25-28(10)16)26-18(30)13-9-14(20)27-29(13)17-11(21)4-3-6-24-17/h3-9H,2H2,1H3,(H,23,31)(H,26,30). The van der Waals surface area contributed by atoms with Crippen molar-refractivity contribution in [1.29, 1.82) is 0 Å². The highest BCUT2D eigenvalue weighted by molar-refractivity contribution is 9.10. The Labute approximate surface area is 194 Å². The van der Waals surface area contributed by atoms with Crippen LogP contribution in [-0.2, 0) is 0 Å². The molecule has 0 unspecified atom stereocenters. The summed E-state index contributed by atoms with van der Waals surface area (Å²) in [6.45, 7) is 2.17. The number of anilines is 1. The van der Waals surface area contributed by atoms with Crippen molar-refractivity contribution in [2.45, 2.75) is 6.92 Å². The molecule has 4 aromatic rings. The Balaban J connectivity index is 1.80. The number of hydrogen-bond acceptors (Lipinski definition) is 5. The van der Waals surface area contributed by atoms with Crippen LogP contribution in [0.15, 0.2) is 47.3 Å². The van der Waals surface area contributed by atoms with Crippen molar-refractivity contribution in [3.63, 3.8) is 0 Å². The lowest BCUT2D eigenvalue weighted by Crippen LogP contribution is -2.28. The molecular formula is C19H14BrCl2N7O2. The quantitative estimate of drug-likeness (QED) is 0.412. The molecule has 158 valence electrons. The highest BCUT2D eigenvalue weighted by Crippen LogP contribution is 2.30. The van der Waals surface area contributed by atoms with Gasteiger partial charge in [0, 0.05) is 18.8 Å². The Morgan fingerprint density at radius 1 is 1.13 bits per heavy atom. The van der Waals surface area contributed by atoms with Crippen molar-refractivity contribution in [2.75, 3.05) is 11.9 Å². The number of nitrogens with zero attached hydrogens (tertiary/aromatic N) is 5. The first-order chi connectivity index (χ1) is 14.9. The van der Waals surface area contributed by atoms with Crippen LogP contribution >= 0.6 is 39.1 Å². The zero-order chi connectivity index (χ0) is 22.1. The summed E-state index contributed by atoms with van der Waals surface area (Å²) in [5, 5.41) is 14.3. The second-order valence-corrected chi connectivity index (χ2v) is 7.90. The fourth-order valence-corrected chi connectivity index (χ4v) is 3.82. The second kappa shape index (κ2) is 8.66. The van der Waals surface area contributed by atoms with Crippen molar-refractivity contribution in [2.24, 2.45) is 0 Å². The van der Waals surface area contributed by atoms with E-state index >= 15 is 0 Å². The molecule has 9 nitrogen and oxygen atoms in total. The van der Waals surface area contributed by atoms with Crippen LogP contribution < -0.4 is 10.6 Å². The van der Waals surface area contributed by atoms with Crippen LogP contribution in [0.2, 0.25) is 10.0 Å². The molecule has 0 aromatic carbocycles. The van der Waals surface area contributed by atoms with E-state index < -0.39 is 11.8 Å². The van der Waals surface area contributed by atoms with Gasteiger partial charge in [0.25, 0.3) is 11.8 Å². The van der Waals surface area contributed by atoms with Crippen LogP contribution in [0.3, 0.4) is 0 Å². The van der Waals surface area contributed by atoms with Crippen molar-refractivity contribution < 1.29 is 9.59 Å². The number of pyridine rings is 2. The van der Waals surface area contributed by atoms with E-state index in [9.17, 15) is 9.59 Å². The Hall–Kier alpha value is -2.95. The minimum absolute atomic E-state index is 0.101. The number of carbonyl (C=O) groups excluding carboxylic acids is 2. The molecule has 31 heavy (non-hydrogen) atoms. The van der Waals surface area contributed by atoms with Gasteiger partial charge in [-0.05, 0) is 47.1 Å². The number of aromatic nitrogens is 5. The number of hydrogen-bond donors (Lipinski definition) is 2. The average Bonchev–Trinajstić information content (AvgIpc) is 3.35. The van der Waals surface area contributed by atoms with Crippen molar-refractivity contribution in [3.8, 4) is 5.82 Å². The zero-order valence-electron chi connectivity index (χ0n) is 15.9. The fraction of sp³-hybridized carbons (Fsp3) is 0.105. The van der Waals surface area contributed by atoms with Gasteiger partial charge in [0.15, 0.2) is 11.5 Å². The number of nitrogens with one attached hydrogen (secondary N) is 2. The van der Waals surface area contributed by atoms with E-state index in [0.29, 0.717) is 21.7 Å². The van der Waals surface area contributed by atoms with Gasteiger partial charge >= 0.3 is 0 Å². The summed E-state index contributed by atoms with van der Waals surface area (Å²) in [6, 6.07) is 8.12. The molecule has 0 fully saturated rings. The number of amides is 2. The molecule has 2 N–H and O–H groups in total. The van der Waals surface area contributed by atoms with Gasteiger partial charge in [-0.2, -0.15) is 10.2 Å². The van der Waals surface area contributed by atoms with Gasteiger partial charge in [0.2, 0.25) is 0 Å². The first-order valence-electron chi connectivity index (χ1n) is 9.03. The van der Waals surface area contributed by atoms with Crippen LogP contribution in [-0.4, -0.2) is 42.7 Å². The van der Waals surface area contributed by atoms with Crippen molar-refractivity contribution in [1.82, 2.24) is 29.7 Å². The average molecular weight is 523 g/mol. The summed E-state index contributed by atoms with van der Waals surface area (Å²) in [4.78, 5) is 30.2. The summed E-state index contributed by atoms with van der Waals surface area (Å²) < 4.78 is 3.11. The molecule has 2 amide bonds. The predicted octanol–water partition coefficient (Wildman–Crippen LogP) is 3.99. The third-order valence-electron chi connectivity index (χ3n) is 4.28. The molecule has 0 atom stereocenters. The van der Waals surface area contributed by atoms with E-state index in [-0.39, 0.29) is 27.9 Å². The Kier molecular flexibility index (Phi) is 5.94. The molecule has 0 radical (unpaired) electrons. The normalized spacial score (nSPS) is 11.0. The van der Waals surface area contributed by atoms with Crippen LogP contribution in [0.5, 0.6) is 0 Å². The third-order valence-corrected chi connectivity index (χ3v) is 5.26. The molecule has 0 bridgehead atoms. The smallest absolute Gasteiger partial charge is 0.274 e. The van der Waals surface area contributed by atoms with Gasteiger partial charge in [0.1, 0.15) is 10.3 Å². The first kappa shape index (κ1) is 21.3. The van der Waals surface area contributed by atoms with E-state index in [1.165, 1.54) is 27.7 Å². The number of fused-ring (bicyclic) bond motifs is 1. The van der Waals surface area contributed by atoms with E-state index in [1.807, 2.05) is 0 Å². The second-order valence-electron chi connectivity index (χ2n) is 6.27. The highest BCUT2D eigenvalue weighted by Gasteiger charge is 2.24. The van der Waals surface area contributed by atoms with Gasteiger partial charge < -0.3 is 10.6 Å². The molecule has 0 spiro atoms. The van der Waals surface area contributed by atoms with Gasteiger partial charge in [-0.3, -0.25) is 9.59 Å². The van der Waals surface area contributed by atoms with Crippen LogP contribution in [0.25, 0.3) is 11.3 Å². The lowest BCUT2D eigenvalue weighted by atomic mass is 10.2. The topological polar surface area (TPSA) is 106 Å². The van der Waals surface area contributed by atoms with Gasteiger partial charge in [-0.15, -0.1) is 0 Å². The predicted molar refractivity (Wildman–Crippen MR) is 120 cm³/mol. The molecule has 4 rings (SSSR count). The molecular weight excluding hydrogens is 509 g/mol. The Bertz CT molecular complexity index is 1320.